The van der Waals surface area contributed by atoms with Gasteiger partial charge in [0.15, 0.2) is 5.75 Å². The van der Waals surface area contributed by atoms with Crippen LogP contribution in [0.5, 0.6) is 17.2 Å². The Morgan fingerprint density at radius 3 is 2.31 bits per heavy atom. The van der Waals surface area contributed by atoms with E-state index in [4.69, 9.17) is 18.6 Å². The van der Waals surface area contributed by atoms with E-state index in [0.29, 0.717) is 35.7 Å². The van der Waals surface area contributed by atoms with Gasteiger partial charge in [0, 0.05) is 0 Å². The second kappa shape index (κ2) is 16.1. The molecule has 1 heterocycles. The highest BCUT2D eigenvalue weighted by molar-refractivity contribution is 5.91. The predicted molar refractivity (Wildman–Crippen MR) is 145 cm³/mol. The summed E-state index contributed by atoms with van der Waals surface area (Å²) in [6.45, 7) is 9.46. The van der Waals surface area contributed by atoms with Crippen molar-refractivity contribution in [1.82, 2.24) is 0 Å². The molecule has 0 aliphatic heterocycles. The molecule has 0 aliphatic rings. The zero-order chi connectivity index (χ0) is 25.5. The molecule has 0 radical (unpaired) electrons. The van der Waals surface area contributed by atoms with Crippen LogP contribution in [0.4, 0.5) is 0 Å². The van der Waals surface area contributed by atoms with Gasteiger partial charge in [-0.3, -0.25) is 0 Å². The number of benzene rings is 1. The summed E-state index contributed by atoms with van der Waals surface area (Å²) in [6, 6.07) is 5.42. The molecule has 0 saturated carbocycles. The fourth-order valence-corrected chi connectivity index (χ4v) is 3.99. The number of hydrogen-bond donors (Lipinski definition) is 0. The van der Waals surface area contributed by atoms with Crippen LogP contribution in [0.15, 0.2) is 50.7 Å². The van der Waals surface area contributed by atoms with E-state index >= 15 is 0 Å². The van der Waals surface area contributed by atoms with Gasteiger partial charge in [0.2, 0.25) is 5.75 Å². The van der Waals surface area contributed by atoms with Crippen molar-refractivity contribution >= 4 is 11.0 Å². The lowest BCUT2D eigenvalue weighted by atomic mass is 10.1. The topological polar surface area (TPSA) is 57.9 Å². The lowest BCUT2D eigenvalue weighted by molar-refractivity contribution is 0.271. The van der Waals surface area contributed by atoms with Crippen LogP contribution in [0.25, 0.3) is 11.0 Å². The van der Waals surface area contributed by atoms with E-state index < -0.39 is 5.63 Å². The number of ether oxygens (including phenoxy) is 3. The number of hydrogen-bond acceptors (Lipinski definition) is 5. The minimum atomic E-state index is -0.527. The largest absolute Gasteiger partial charge is 0.492 e. The van der Waals surface area contributed by atoms with Crippen LogP contribution in [-0.2, 0) is 0 Å². The third-order valence-electron chi connectivity index (χ3n) is 6.02. The Morgan fingerprint density at radius 2 is 1.63 bits per heavy atom. The molecule has 0 unspecified atom stereocenters. The van der Waals surface area contributed by atoms with Gasteiger partial charge in [-0.05, 0) is 58.2 Å². The number of methoxy groups -OCH3 is 1. The van der Waals surface area contributed by atoms with E-state index in [2.05, 4.69) is 39.8 Å². The Hall–Kier alpha value is -2.69. The summed E-state index contributed by atoms with van der Waals surface area (Å²) in [5.41, 5.74) is 2.50. The van der Waals surface area contributed by atoms with Gasteiger partial charge in [-0.15, -0.1) is 0 Å². The van der Waals surface area contributed by atoms with Crippen molar-refractivity contribution in [3.63, 3.8) is 0 Å². The van der Waals surface area contributed by atoms with Gasteiger partial charge in [-0.2, -0.15) is 0 Å². The molecule has 0 spiro atoms. The standard InChI is InChI=1S/C30H44O5/c1-6-7-8-9-10-11-12-13-21-34-29-28(32-5)27-25(18-15-19-26(27)35-30(29)31)33-22-20-24(4)17-14-16-23(2)3/h15-16,18-20H,6-14,17,21-22H2,1-5H3. The fourth-order valence-electron chi connectivity index (χ4n) is 3.99. The Balaban J connectivity index is 2.03. The summed E-state index contributed by atoms with van der Waals surface area (Å²) in [4.78, 5) is 12.6. The highest BCUT2D eigenvalue weighted by atomic mass is 16.5. The van der Waals surface area contributed by atoms with Gasteiger partial charge >= 0.3 is 5.63 Å². The molecule has 2 aromatic rings. The van der Waals surface area contributed by atoms with Crippen molar-refractivity contribution in [1.29, 1.82) is 0 Å². The summed E-state index contributed by atoms with van der Waals surface area (Å²) in [5, 5.41) is 0.621. The Bertz CT molecular complexity index is 1010. The Morgan fingerprint density at radius 1 is 0.914 bits per heavy atom. The van der Waals surface area contributed by atoms with Crippen LogP contribution in [0, 0.1) is 0 Å². The summed E-state index contributed by atoms with van der Waals surface area (Å²) in [7, 11) is 1.54. The van der Waals surface area contributed by atoms with E-state index in [1.54, 1.807) is 13.2 Å². The first-order valence-corrected chi connectivity index (χ1v) is 13.2. The average Bonchev–Trinajstić information content (AvgIpc) is 2.83. The fraction of sp³-hybridized carbons (Fsp3) is 0.567. The average molecular weight is 485 g/mol. The van der Waals surface area contributed by atoms with Crippen molar-refractivity contribution in [2.24, 2.45) is 0 Å². The summed E-state index contributed by atoms with van der Waals surface area (Å²) >= 11 is 0. The summed E-state index contributed by atoms with van der Waals surface area (Å²) < 4.78 is 23.1. The number of fused-ring (bicyclic) bond motifs is 1. The van der Waals surface area contributed by atoms with Crippen LogP contribution in [0.1, 0.15) is 91.9 Å². The molecule has 2 rings (SSSR count). The van der Waals surface area contributed by atoms with Gasteiger partial charge in [0.1, 0.15) is 23.3 Å². The highest BCUT2D eigenvalue weighted by Crippen LogP contribution is 2.38. The molecule has 0 aliphatic carbocycles. The third-order valence-corrected chi connectivity index (χ3v) is 6.02. The lowest BCUT2D eigenvalue weighted by Gasteiger charge is -2.14. The van der Waals surface area contributed by atoms with E-state index in [9.17, 15) is 4.79 Å². The molecular weight excluding hydrogens is 440 g/mol. The molecule has 5 heteroatoms. The molecule has 0 fully saturated rings. The monoisotopic (exact) mass is 484 g/mol. The van der Waals surface area contributed by atoms with Crippen molar-refractivity contribution in [3.8, 4) is 17.2 Å². The van der Waals surface area contributed by atoms with Crippen LogP contribution >= 0.6 is 0 Å². The van der Waals surface area contributed by atoms with Gasteiger partial charge in [0.05, 0.1) is 13.7 Å². The molecule has 5 nitrogen and oxygen atoms in total. The zero-order valence-electron chi connectivity index (χ0n) is 22.4. The first-order chi connectivity index (χ1) is 17.0. The van der Waals surface area contributed by atoms with Crippen molar-refractivity contribution < 1.29 is 18.6 Å². The molecule has 0 atom stereocenters. The van der Waals surface area contributed by atoms with Crippen LogP contribution in [0.2, 0.25) is 0 Å². The highest BCUT2D eigenvalue weighted by Gasteiger charge is 2.20. The summed E-state index contributed by atoms with van der Waals surface area (Å²) in [6.07, 6.45) is 16.0. The van der Waals surface area contributed by atoms with Crippen LogP contribution in [-0.4, -0.2) is 20.3 Å². The van der Waals surface area contributed by atoms with Gasteiger partial charge < -0.3 is 18.6 Å². The number of allylic oxidation sites excluding steroid dienone is 3. The van der Waals surface area contributed by atoms with E-state index in [0.717, 1.165) is 25.7 Å². The van der Waals surface area contributed by atoms with Crippen molar-refractivity contribution in [2.75, 3.05) is 20.3 Å². The van der Waals surface area contributed by atoms with Gasteiger partial charge in [-0.25, -0.2) is 4.79 Å². The molecule has 1 aromatic carbocycles. The number of unbranched alkanes of at least 4 members (excludes halogenated alkanes) is 7. The van der Waals surface area contributed by atoms with Crippen LogP contribution < -0.4 is 19.8 Å². The first-order valence-electron chi connectivity index (χ1n) is 13.2. The molecule has 0 saturated heterocycles. The van der Waals surface area contributed by atoms with E-state index in [1.165, 1.54) is 49.7 Å². The Labute approximate surface area is 211 Å². The van der Waals surface area contributed by atoms with Crippen molar-refractivity contribution in [3.05, 3.63) is 51.9 Å². The normalized spacial score (nSPS) is 11.5. The minimum absolute atomic E-state index is 0.118. The lowest BCUT2D eigenvalue weighted by Crippen LogP contribution is -2.11. The smallest absolute Gasteiger partial charge is 0.383 e. The first kappa shape index (κ1) is 28.5. The maximum Gasteiger partial charge on any atom is 0.383 e. The quantitative estimate of drug-likeness (QED) is 0.128. The van der Waals surface area contributed by atoms with Gasteiger partial charge in [-0.1, -0.05) is 75.2 Å². The molecular formula is C30H44O5. The SMILES string of the molecule is CCCCCCCCCCOc1c(OC)c2c(OCC=C(C)CCC=C(C)C)cccc2oc1=O. The van der Waals surface area contributed by atoms with Crippen molar-refractivity contribution in [2.45, 2.75) is 91.9 Å². The molecule has 0 N–H and O–H groups in total. The van der Waals surface area contributed by atoms with E-state index in [-0.39, 0.29) is 5.75 Å². The molecule has 194 valence electrons. The number of rotatable bonds is 17. The van der Waals surface area contributed by atoms with Crippen LogP contribution in [0.3, 0.4) is 0 Å². The molecule has 0 bridgehead atoms. The predicted octanol–water partition coefficient (Wildman–Crippen LogP) is 8.39. The third kappa shape index (κ3) is 9.83. The molecule has 1 aromatic heterocycles. The maximum atomic E-state index is 12.6. The Kier molecular flexibility index (Phi) is 13.1. The maximum absolute atomic E-state index is 12.6. The molecule has 0 amide bonds. The van der Waals surface area contributed by atoms with E-state index in [1.807, 2.05) is 12.1 Å². The minimum Gasteiger partial charge on any atom is -0.492 e. The zero-order valence-corrected chi connectivity index (χ0v) is 22.4. The van der Waals surface area contributed by atoms with Gasteiger partial charge in [0.25, 0.3) is 0 Å². The second-order valence-corrected chi connectivity index (χ2v) is 9.39. The molecule has 35 heavy (non-hydrogen) atoms. The second-order valence-electron chi connectivity index (χ2n) is 9.39. The summed E-state index contributed by atoms with van der Waals surface area (Å²) in [5.74, 6) is 1.09.